The maximum atomic E-state index is 6.34. The molecule has 0 amide bonds. The zero-order chi connectivity index (χ0) is 14.0. The van der Waals surface area contributed by atoms with E-state index in [9.17, 15) is 0 Å². The smallest absolute Gasteiger partial charge is 0.0693 e. The predicted molar refractivity (Wildman–Crippen MR) is 83.8 cm³/mol. The molecule has 1 aliphatic carbocycles. The lowest BCUT2D eigenvalue weighted by Gasteiger charge is -2.42. The molecule has 1 unspecified atom stereocenters. The van der Waals surface area contributed by atoms with Gasteiger partial charge < -0.3 is 10.5 Å². The van der Waals surface area contributed by atoms with E-state index in [2.05, 4.69) is 42.5 Å². The second-order valence-corrected chi connectivity index (χ2v) is 6.09. The summed E-state index contributed by atoms with van der Waals surface area (Å²) >= 11 is 0. The first-order valence-electron chi connectivity index (χ1n) is 7.49. The molecule has 2 aromatic rings. The summed E-state index contributed by atoms with van der Waals surface area (Å²) in [5, 5.41) is 2.58. The van der Waals surface area contributed by atoms with Gasteiger partial charge in [0.2, 0.25) is 0 Å². The highest BCUT2D eigenvalue weighted by atomic mass is 16.5. The lowest BCUT2D eigenvalue weighted by atomic mass is 9.75. The monoisotopic (exact) mass is 269 g/mol. The first-order valence-corrected chi connectivity index (χ1v) is 7.49. The summed E-state index contributed by atoms with van der Waals surface area (Å²) in [4.78, 5) is 0. The van der Waals surface area contributed by atoms with E-state index in [-0.39, 0.29) is 11.6 Å². The molecule has 106 valence electrons. The molecule has 0 aromatic heterocycles. The van der Waals surface area contributed by atoms with Crippen LogP contribution in [0.15, 0.2) is 42.5 Å². The predicted octanol–water partition coefficient (Wildman–Crippen LogP) is 3.67. The Kier molecular flexibility index (Phi) is 3.77. The fourth-order valence-corrected chi connectivity index (χ4v) is 3.28. The van der Waals surface area contributed by atoms with Crippen molar-refractivity contribution in [1.82, 2.24) is 0 Å². The molecule has 1 atom stereocenters. The van der Waals surface area contributed by atoms with Crippen molar-refractivity contribution >= 4 is 10.8 Å². The van der Waals surface area contributed by atoms with Crippen LogP contribution in [0, 0.1) is 0 Å². The Labute approximate surface area is 120 Å². The molecule has 0 bridgehead atoms. The van der Waals surface area contributed by atoms with E-state index in [0.717, 1.165) is 25.7 Å². The highest BCUT2D eigenvalue weighted by Gasteiger charge is 2.38. The van der Waals surface area contributed by atoms with Crippen LogP contribution in [0.1, 0.15) is 31.2 Å². The Morgan fingerprint density at radius 3 is 2.55 bits per heavy atom. The molecule has 2 aromatic carbocycles. The largest absolute Gasteiger partial charge is 0.378 e. The summed E-state index contributed by atoms with van der Waals surface area (Å²) in [5.74, 6) is 0. The van der Waals surface area contributed by atoms with E-state index >= 15 is 0 Å². The molecule has 0 heterocycles. The lowest BCUT2D eigenvalue weighted by Crippen LogP contribution is -2.44. The average Bonchev–Trinajstić information content (AvgIpc) is 2.43. The van der Waals surface area contributed by atoms with Crippen LogP contribution in [0.4, 0.5) is 0 Å². The van der Waals surface area contributed by atoms with Crippen LogP contribution < -0.4 is 5.73 Å². The van der Waals surface area contributed by atoms with Gasteiger partial charge in [-0.05, 0) is 48.4 Å². The van der Waals surface area contributed by atoms with Gasteiger partial charge in [0.15, 0.2) is 0 Å². The van der Waals surface area contributed by atoms with Gasteiger partial charge in [0.1, 0.15) is 0 Å². The maximum Gasteiger partial charge on any atom is 0.0693 e. The van der Waals surface area contributed by atoms with Crippen molar-refractivity contribution in [2.24, 2.45) is 5.73 Å². The topological polar surface area (TPSA) is 35.2 Å². The second kappa shape index (κ2) is 5.55. The zero-order valence-corrected chi connectivity index (χ0v) is 12.1. The van der Waals surface area contributed by atoms with Crippen LogP contribution in [0.25, 0.3) is 10.8 Å². The summed E-state index contributed by atoms with van der Waals surface area (Å²) in [6.45, 7) is 0. The van der Waals surface area contributed by atoms with Crippen molar-refractivity contribution in [3.63, 3.8) is 0 Å². The SMILES string of the molecule is COC1(CC(N)Cc2ccc3ccccc3c2)CCC1. The highest BCUT2D eigenvalue weighted by Crippen LogP contribution is 2.39. The molecule has 0 spiro atoms. The molecule has 1 fully saturated rings. The third-order valence-corrected chi connectivity index (χ3v) is 4.64. The molecule has 0 radical (unpaired) electrons. The third kappa shape index (κ3) is 2.72. The van der Waals surface area contributed by atoms with Crippen molar-refractivity contribution in [2.75, 3.05) is 7.11 Å². The molecule has 0 aliphatic heterocycles. The number of nitrogens with two attached hydrogens (primary N) is 1. The minimum absolute atomic E-state index is 0.0657. The Bertz CT molecular complexity index is 583. The van der Waals surface area contributed by atoms with Crippen LogP contribution in [0.2, 0.25) is 0 Å². The molecular weight excluding hydrogens is 246 g/mol. The third-order valence-electron chi connectivity index (χ3n) is 4.64. The van der Waals surface area contributed by atoms with Crippen molar-refractivity contribution in [1.29, 1.82) is 0 Å². The second-order valence-electron chi connectivity index (χ2n) is 6.09. The standard InChI is InChI=1S/C18H23NO/c1-20-18(9-4-10-18)13-17(19)12-14-7-8-15-5-2-3-6-16(15)11-14/h2-3,5-8,11,17H,4,9-10,12-13,19H2,1H3. The first-order chi connectivity index (χ1) is 9.71. The number of fused-ring (bicyclic) bond motifs is 1. The number of hydrogen-bond donors (Lipinski definition) is 1. The van der Waals surface area contributed by atoms with Crippen LogP contribution in [0.3, 0.4) is 0 Å². The summed E-state index contributed by atoms with van der Waals surface area (Å²) in [6, 6.07) is 15.3. The van der Waals surface area contributed by atoms with Gasteiger partial charge in [0.25, 0.3) is 0 Å². The zero-order valence-electron chi connectivity index (χ0n) is 12.1. The average molecular weight is 269 g/mol. The Balaban J connectivity index is 1.69. The Morgan fingerprint density at radius 1 is 1.15 bits per heavy atom. The lowest BCUT2D eigenvalue weighted by molar-refractivity contribution is -0.0813. The number of ether oxygens (including phenoxy) is 1. The molecule has 0 saturated heterocycles. The van der Waals surface area contributed by atoms with E-state index in [4.69, 9.17) is 10.5 Å². The maximum absolute atomic E-state index is 6.34. The highest BCUT2D eigenvalue weighted by molar-refractivity contribution is 5.82. The fraction of sp³-hybridized carbons (Fsp3) is 0.444. The van der Waals surface area contributed by atoms with Crippen LogP contribution in [-0.4, -0.2) is 18.8 Å². The van der Waals surface area contributed by atoms with Gasteiger partial charge in [0.05, 0.1) is 5.60 Å². The number of hydrogen-bond acceptors (Lipinski definition) is 2. The molecular formula is C18H23NO. The van der Waals surface area contributed by atoms with Gasteiger partial charge >= 0.3 is 0 Å². The molecule has 2 N–H and O–H groups in total. The Morgan fingerprint density at radius 2 is 1.90 bits per heavy atom. The van der Waals surface area contributed by atoms with Gasteiger partial charge in [-0.25, -0.2) is 0 Å². The van der Waals surface area contributed by atoms with Crippen molar-refractivity contribution in [3.05, 3.63) is 48.0 Å². The van der Waals surface area contributed by atoms with Gasteiger partial charge in [-0.2, -0.15) is 0 Å². The number of rotatable bonds is 5. The van der Waals surface area contributed by atoms with E-state index in [0.29, 0.717) is 0 Å². The van der Waals surface area contributed by atoms with E-state index in [1.54, 1.807) is 0 Å². The first kappa shape index (κ1) is 13.6. The number of benzene rings is 2. The van der Waals surface area contributed by atoms with Crippen molar-refractivity contribution in [2.45, 2.75) is 43.7 Å². The molecule has 20 heavy (non-hydrogen) atoms. The molecule has 1 aliphatic rings. The van der Waals surface area contributed by atoms with E-state index in [1.165, 1.54) is 22.8 Å². The van der Waals surface area contributed by atoms with E-state index < -0.39 is 0 Å². The normalized spacial score (nSPS) is 18.7. The van der Waals surface area contributed by atoms with Crippen LogP contribution >= 0.6 is 0 Å². The molecule has 1 saturated carbocycles. The summed E-state index contributed by atoms with van der Waals surface area (Å²) in [5.41, 5.74) is 7.73. The van der Waals surface area contributed by atoms with Gasteiger partial charge in [0, 0.05) is 13.2 Å². The fourth-order valence-electron chi connectivity index (χ4n) is 3.28. The van der Waals surface area contributed by atoms with Gasteiger partial charge in [-0.3, -0.25) is 0 Å². The molecule has 3 rings (SSSR count). The number of methoxy groups -OCH3 is 1. The van der Waals surface area contributed by atoms with Crippen molar-refractivity contribution < 1.29 is 4.74 Å². The summed E-state index contributed by atoms with van der Waals surface area (Å²) in [6.07, 6.45) is 5.49. The van der Waals surface area contributed by atoms with Gasteiger partial charge in [-0.15, -0.1) is 0 Å². The minimum Gasteiger partial charge on any atom is -0.378 e. The summed E-state index contributed by atoms with van der Waals surface area (Å²) < 4.78 is 5.67. The summed E-state index contributed by atoms with van der Waals surface area (Å²) in [7, 11) is 1.82. The van der Waals surface area contributed by atoms with Crippen LogP contribution in [0.5, 0.6) is 0 Å². The Hall–Kier alpha value is -1.38. The van der Waals surface area contributed by atoms with Gasteiger partial charge in [-0.1, -0.05) is 42.5 Å². The quantitative estimate of drug-likeness (QED) is 0.899. The molecule has 2 nitrogen and oxygen atoms in total. The van der Waals surface area contributed by atoms with Crippen LogP contribution in [-0.2, 0) is 11.2 Å². The van der Waals surface area contributed by atoms with Crippen molar-refractivity contribution in [3.8, 4) is 0 Å². The minimum atomic E-state index is 0.0657. The molecule has 2 heteroatoms. The van der Waals surface area contributed by atoms with E-state index in [1.807, 2.05) is 7.11 Å².